The highest BCUT2D eigenvalue weighted by molar-refractivity contribution is 6.07. The van der Waals surface area contributed by atoms with Gasteiger partial charge in [-0.05, 0) is 19.9 Å². The third-order valence-corrected chi connectivity index (χ3v) is 2.40. The topological polar surface area (TPSA) is 65.0 Å². The van der Waals surface area contributed by atoms with E-state index in [1.165, 1.54) is 24.7 Å². The highest BCUT2D eigenvalue weighted by Gasteiger charge is 2.19. The number of halogens is 1. The average Bonchev–Trinajstić information content (AvgIpc) is 2.41. The first-order valence-electron chi connectivity index (χ1n) is 5.74. The molecule has 0 unspecified atom stereocenters. The van der Waals surface area contributed by atoms with E-state index in [9.17, 15) is 9.18 Å². The van der Waals surface area contributed by atoms with E-state index in [0.717, 1.165) is 0 Å². The van der Waals surface area contributed by atoms with Gasteiger partial charge in [-0.15, -0.1) is 0 Å². The monoisotopic (exact) mass is 261 g/mol. The number of nitrogens with zero attached hydrogens (tertiary/aromatic N) is 3. The molecule has 6 heteroatoms. The van der Waals surface area contributed by atoms with Crippen LogP contribution < -0.4 is 4.74 Å². The predicted molar refractivity (Wildman–Crippen MR) is 65.6 cm³/mol. The second-order valence-corrected chi connectivity index (χ2v) is 3.78. The molecule has 0 atom stereocenters. The molecule has 2 aromatic heterocycles. The molecule has 5 nitrogen and oxygen atoms in total. The summed E-state index contributed by atoms with van der Waals surface area (Å²) in [6, 6.07) is 1.29. The second-order valence-electron chi connectivity index (χ2n) is 3.78. The van der Waals surface area contributed by atoms with Gasteiger partial charge in [0, 0.05) is 12.4 Å². The zero-order valence-corrected chi connectivity index (χ0v) is 10.6. The van der Waals surface area contributed by atoms with Crippen LogP contribution in [0.1, 0.15) is 28.7 Å². The lowest BCUT2D eigenvalue weighted by Gasteiger charge is -2.06. The molecular weight excluding hydrogens is 249 g/mol. The molecule has 0 N–H and O–H groups in total. The van der Waals surface area contributed by atoms with Gasteiger partial charge in [-0.25, -0.2) is 14.4 Å². The third-order valence-electron chi connectivity index (χ3n) is 2.40. The van der Waals surface area contributed by atoms with Crippen LogP contribution in [0.3, 0.4) is 0 Å². The molecule has 0 aliphatic carbocycles. The largest absolute Gasteiger partial charge is 0.476 e. The molecule has 0 spiro atoms. The van der Waals surface area contributed by atoms with Crippen LogP contribution in [0.2, 0.25) is 0 Å². The highest BCUT2D eigenvalue weighted by Crippen LogP contribution is 2.19. The van der Waals surface area contributed by atoms with Crippen LogP contribution in [0.5, 0.6) is 5.88 Å². The Kier molecular flexibility index (Phi) is 3.79. The lowest BCUT2D eigenvalue weighted by molar-refractivity contribution is 0.102. The van der Waals surface area contributed by atoms with Crippen molar-refractivity contribution in [2.75, 3.05) is 6.61 Å². The van der Waals surface area contributed by atoms with E-state index in [2.05, 4.69) is 15.0 Å². The Morgan fingerprint density at radius 3 is 2.74 bits per heavy atom. The molecule has 0 aliphatic rings. The lowest BCUT2D eigenvalue weighted by Crippen LogP contribution is -2.09. The lowest BCUT2D eigenvalue weighted by atomic mass is 10.1. The van der Waals surface area contributed by atoms with Crippen molar-refractivity contribution in [1.29, 1.82) is 0 Å². The Balaban J connectivity index is 2.38. The third kappa shape index (κ3) is 2.73. The minimum absolute atomic E-state index is 0.0816. The minimum Gasteiger partial charge on any atom is -0.476 e. The molecule has 0 aromatic carbocycles. The van der Waals surface area contributed by atoms with E-state index in [0.29, 0.717) is 5.69 Å². The summed E-state index contributed by atoms with van der Waals surface area (Å²) in [6.45, 7) is 3.73. The maximum atomic E-state index is 14.0. The van der Waals surface area contributed by atoms with Crippen molar-refractivity contribution in [2.24, 2.45) is 0 Å². The van der Waals surface area contributed by atoms with Gasteiger partial charge in [0.25, 0.3) is 5.88 Å². The fraction of sp³-hybridized carbons (Fsp3) is 0.231. The normalized spacial score (nSPS) is 10.3. The molecule has 0 amide bonds. The van der Waals surface area contributed by atoms with Crippen molar-refractivity contribution in [1.82, 2.24) is 15.0 Å². The van der Waals surface area contributed by atoms with Crippen molar-refractivity contribution in [3.05, 3.63) is 47.4 Å². The van der Waals surface area contributed by atoms with Gasteiger partial charge in [0.2, 0.25) is 5.78 Å². The number of rotatable bonds is 4. The number of ether oxygens (including phenoxy) is 1. The maximum Gasteiger partial charge on any atom is 0.251 e. The zero-order valence-electron chi connectivity index (χ0n) is 10.6. The summed E-state index contributed by atoms with van der Waals surface area (Å²) >= 11 is 0. The smallest absolute Gasteiger partial charge is 0.251 e. The molecule has 0 saturated heterocycles. The molecule has 0 bridgehead atoms. The van der Waals surface area contributed by atoms with Crippen molar-refractivity contribution in [3.8, 4) is 5.88 Å². The Bertz CT molecular complexity index is 599. The second kappa shape index (κ2) is 5.51. The molecule has 0 aliphatic heterocycles. The summed E-state index contributed by atoms with van der Waals surface area (Å²) in [5, 5.41) is 0. The number of aryl methyl sites for hydroxylation is 1. The van der Waals surface area contributed by atoms with Crippen LogP contribution in [0.4, 0.5) is 4.39 Å². The predicted octanol–water partition coefficient (Wildman–Crippen LogP) is 1.95. The van der Waals surface area contributed by atoms with Gasteiger partial charge in [-0.1, -0.05) is 0 Å². The van der Waals surface area contributed by atoms with Gasteiger partial charge in [-0.3, -0.25) is 9.78 Å². The fourth-order valence-corrected chi connectivity index (χ4v) is 1.49. The average molecular weight is 261 g/mol. The Hall–Kier alpha value is -2.37. The molecule has 0 saturated carbocycles. The van der Waals surface area contributed by atoms with Gasteiger partial charge in [0.1, 0.15) is 5.69 Å². The summed E-state index contributed by atoms with van der Waals surface area (Å²) < 4.78 is 19.0. The number of pyridine rings is 1. The van der Waals surface area contributed by atoms with E-state index < -0.39 is 11.6 Å². The first-order valence-corrected chi connectivity index (χ1v) is 5.74. The van der Waals surface area contributed by atoms with Gasteiger partial charge in [0.15, 0.2) is 5.82 Å². The first-order chi connectivity index (χ1) is 9.13. The van der Waals surface area contributed by atoms with E-state index in [4.69, 9.17) is 4.74 Å². The first kappa shape index (κ1) is 13.1. The Labute approximate surface area is 109 Å². The molecule has 2 heterocycles. The van der Waals surface area contributed by atoms with Crippen LogP contribution in [-0.4, -0.2) is 27.3 Å². The summed E-state index contributed by atoms with van der Waals surface area (Å²) in [4.78, 5) is 23.7. The summed E-state index contributed by atoms with van der Waals surface area (Å²) in [6.07, 6.45) is 4.09. The molecule has 19 heavy (non-hydrogen) atoms. The summed E-state index contributed by atoms with van der Waals surface area (Å²) in [5.41, 5.74) is 0.636. The molecule has 0 fully saturated rings. The summed E-state index contributed by atoms with van der Waals surface area (Å²) in [5.74, 6) is -1.52. The van der Waals surface area contributed by atoms with Crippen LogP contribution >= 0.6 is 0 Å². The van der Waals surface area contributed by atoms with Crippen LogP contribution in [0, 0.1) is 12.7 Å². The zero-order chi connectivity index (χ0) is 13.8. The minimum atomic E-state index is -0.781. The van der Waals surface area contributed by atoms with Gasteiger partial charge >= 0.3 is 0 Å². The quantitative estimate of drug-likeness (QED) is 0.787. The Morgan fingerprint density at radius 1 is 1.32 bits per heavy atom. The van der Waals surface area contributed by atoms with E-state index in [-0.39, 0.29) is 23.7 Å². The molecular formula is C13H12FN3O2. The van der Waals surface area contributed by atoms with Gasteiger partial charge < -0.3 is 4.74 Å². The molecule has 2 aromatic rings. The van der Waals surface area contributed by atoms with E-state index >= 15 is 0 Å². The SMILES string of the molecule is CCOc1nccc(C(=O)c2cnc(C)cn2)c1F. The van der Waals surface area contributed by atoms with Crippen molar-refractivity contribution in [2.45, 2.75) is 13.8 Å². The number of ketones is 1. The van der Waals surface area contributed by atoms with E-state index in [1.807, 2.05) is 0 Å². The number of carbonyl (C=O) groups is 1. The van der Waals surface area contributed by atoms with Crippen molar-refractivity contribution < 1.29 is 13.9 Å². The molecule has 0 radical (unpaired) electrons. The van der Waals surface area contributed by atoms with E-state index in [1.54, 1.807) is 13.8 Å². The van der Waals surface area contributed by atoms with Crippen molar-refractivity contribution in [3.63, 3.8) is 0 Å². The number of hydrogen-bond acceptors (Lipinski definition) is 5. The van der Waals surface area contributed by atoms with Gasteiger partial charge in [0.05, 0.1) is 24.1 Å². The van der Waals surface area contributed by atoms with Crippen molar-refractivity contribution >= 4 is 5.78 Å². The fourth-order valence-electron chi connectivity index (χ4n) is 1.49. The Morgan fingerprint density at radius 2 is 2.11 bits per heavy atom. The van der Waals surface area contributed by atoms with Crippen LogP contribution in [-0.2, 0) is 0 Å². The molecule has 2 rings (SSSR count). The number of hydrogen-bond donors (Lipinski definition) is 0. The number of aromatic nitrogens is 3. The van der Waals surface area contributed by atoms with Gasteiger partial charge in [-0.2, -0.15) is 0 Å². The van der Waals surface area contributed by atoms with Crippen LogP contribution in [0.25, 0.3) is 0 Å². The molecule has 98 valence electrons. The number of carbonyl (C=O) groups excluding carboxylic acids is 1. The van der Waals surface area contributed by atoms with Crippen LogP contribution in [0.15, 0.2) is 24.7 Å². The maximum absolute atomic E-state index is 14.0. The highest BCUT2D eigenvalue weighted by atomic mass is 19.1. The summed E-state index contributed by atoms with van der Waals surface area (Å²) in [7, 11) is 0. The standard InChI is InChI=1S/C13H12FN3O2/c1-3-19-13-11(14)9(4-5-15-13)12(18)10-7-16-8(2)6-17-10/h4-7H,3H2,1-2H3.